The molecular formula is C40H46N4O8. The summed E-state index contributed by atoms with van der Waals surface area (Å²) in [6.07, 6.45) is 4.93. The Bertz CT molecular complexity index is 1850. The van der Waals surface area contributed by atoms with Gasteiger partial charge in [-0.05, 0) is 67.2 Å². The monoisotopic (exact) mass is 710 g/mol. The SMILES string of the molecule is CN(C=O)c1ccc(C(C(=O)OCc2ccccc2)C(=O)c2nn(C3CCCCO3)c3c2CCC(C)(C)C3)c([N+](=O)[O-])c1.COCc1ccccc1. The van der Waals surface area contributed by atoms with Crippen molar-refractivity contribution in [2.45, 2.75) is 77.7 Å². The first-order valence-electron chi connectivity index (χ1n) is 17.5. The van der Waals surface area contributed by atoms with Crippen molar-refractivity contribution < 1.29 is 33.5 Å². The maximum absolute atomic E-state index is 14.5. The lowest BCUT2D eigenvalue weighted by Crippen LogP contribution is -2.28. The lowest BCUT2D eigenvalue weighted by atomic mass is 9.75. The highest BCUT2D eigenvalue weighted by molar-refractivity contribution is 6.13. The van der Waals surface area contributed by atoms with Gasteiger partial charge in [0.1, 0.15) is 18.5 Å². The fraction of sp³-hybridized carbons (Fsp3) is 0.400. The highest BCUT2D eigenvalue weighted by atomic mass is 16.6. The molecule has 0 spiro atoms. The van der Waals surface area contributed by atoms with Gasteiger partial charge in [0.05, 0.1) is 17.1 Å². The van der Waals surface area contributed by atoms with Crippen molar-refractivity contribution in [2.75, 3.05) is 25.7 Å². The lowest BCUT2D eigenvalue weighted by molar-refractivity contribution is -0.385. The number of ketones is 1. The average molecular weight is 711 g/mol. The van der Waals surface area contributed by atoms with Crippen molar-refractivity contribution in [3.8, 4) is 0 Å². The largest absolute Gasteiger partial charge is 0.460 e. The van der Waals surface area contributed by atoms with Crippen LogP contribution in [-0.4, -0.2) is 53.6 Å². The normalized spacial score (nSPS) is 16.7. The molecule has 1 aliphatic heterocycles. The number of aromatic nitrogens is 2. The molecule has 2 heterocycles. The molecule has 1 saturated heterocycles. The quantitative estimate of drug-likeness (QED) is 0.0374. The van der Waals surface area contributed by atoms with E-state index in [0.717, 1.165) is 36.9 Å². The molecule has 4 aromatic rings. The van der Waals surface area contributed by atoms with Gasteiger partial charge in [0.15, 0.2) is 5.92 Å². The van der Waals surface area contributed by atoms with Crippen molar-refractivity contribution in [2.24, 2.45) is 5.41 Å². The zero-order valence-electron chi connectivity index (χ0n) is 30.2. The van der Waals surface area contributed by atoms with Crippen molar-refractivity contribution in [3.63, 3.8) is 0 Å². The van der Waals surface area contributed by atoms with Crippen LogP contribution in [0.1, 0.15) is 90.1 Å². The summed E-state index contributed by atoms with van der Waals surface area (Å²) in [7, 11) is 3.16. The minimum Gasteiger partial charge on any atom is -0.460 e. The third-order valence-electron chi connectivity index (χ3n) is 9.44. The second-order valence-corrected chi connectivity index (χ2v) is 13.9. The standard InChI is InChI=1S/C32H36N4O7.C8H10O/c1-32(2)15-14-24-26(18-32)35(27-11-7-8-16-42-27)33-29(24)30(38)28(31(39)43-19-21-9-5-4-6-10-21)23-13-12-22(34(3)20-37)17-25(23)36(40)41;1-9-7-8-5-3-2-4-6-8/h4-6,9-10,12-13,17,20,27-28H,7-8,11,14-16,18-19H2,1-3H3;2-6H,7H2,1H3. The van der Waals surface area contributed by atoms with Gasteiger partial charge in [0.2, 0.25) is 12.2 Å². The van der Waals surface area contributed by atoms with Crippen LogP contribution in [0.4, 0.5) is 11.4 Å². The number of methoxy groups -OCH3 is 1. The Morgan fingerprint density at radius 3 is 2.33 bits per heavy atom. The summed E-state index contributed by atoms with van der Waals surface area (Å²) in [6.45, 7) is 5.53. The molecule has 6 rings (SSSR count). The van der Waals surface area contributed by atoms with Crippen molar-refractivity contribution in [3.05, 3.63) is 123 Å². The number of hydrogen-bond donors (Lipinski definition) is 0. The fourth-order valence-electron chi connectivity index (χ4n) is 6.59. The molecule has 2 atom stereocenters. The number of esters is 1. The predicted molar refractivity (Wildman–Crippen MR) is 195 cm³/mol. The van der Waals surface area contributed by atoms with Crippen molar-refractivity contribution in [1.82, 2.24) is 9.78 Å². The van der Waals surface area contributed by atoms with Crippen LogP contribution in [-0.2, 0) is 49.9 Å². The Kier molecular flexibility index (Phi) is 12.7. The van der Waals surface area contributed by atoms with Crippen LogP contribution < -0.4 is 4.90 Å². The van der Waals surface area contributed by atoms with Gasteiger partial charge in [-0.25, -0.2) is 4.68 Å². The number of benzene rings is 3. The number of hydrogen-bond acceptors (Lipinski definition) is 9. The molecule has 2 unspecified atom stereocenters. The number of nitro groups is 1. The number of ether oxygens (including phenoxy) is 3. The Morgan fingerprint density at radius 2 is 1.73 bits per heavy atom. The Balaban J connectivity index is 0.000000507. The lowest BCUT2D eigenvalue weighted by Gasteiger charge is -2.32. The van der Waals surface area contributed by atoms with E-state index in [9.17, 15) is 24.5 Å². The van der Waals surface area contributed by atoms with Crippen LogP contribution in [0.5, 0.6) is 0 Å². The van der Waals surface area contributed by atoms with E-state index in [1.54, 1.807) is 36.1 Å². The van der Waals surface area contributed by atoms with E-state index in [1.165, 1.54) is 35.7 Å². The van der Waals surface area contributed by atoms with E-state index >= 15 is 0 Å². The van der Waals surface area contributed by atoms with E-state index in [4.69, 9.17) is 19.3 Å². The molecule has 274 valence electrons. The second kappa shape index (κ2) is 17.3. The van der Waals surface area contributed by atoms with Crippen LogP contribution in [0.15, 0.2) is 78.9 Å². The predicted octanol–water partition coefficient (Wildman–Crippen LogP) is 7.14. The maximum Gasteiger partial charge on any atom is 0.322 e. The molecule has 0 N–H and O–H groups in total. The summed E-state index contributed by atoms with van der Waals surface area (Å²) < 4.78 is 18.4. The molecule has 12 heteroatoms. The molecule has 0 bridgehead atoms. The number of nitro benzene ring substituents is 1. The van der Waals surface area contributed by atoms with E-state index in [0.29, 0.717) is 38.0 Å². The summed E-state index contributed by atoms with van der Waals surface area (Å²) in [5.74, 6) is -3.22. The molecule has 3 aromatic carbocycles. The minimum absolute atomic E-state index is 0.0208. The van der Waals surface area contributed by atoms with Gasteiger partial charge in [0, 0.05) is 43.8 Å². The summed E-state index contributed by atoms with van der Waals surface area (Å²) in [6, 6.07) is 23.1. The molecule has 1 amide bonds. The first-order chi connectivity index (χ1) is 25.0. The molecular weight excluding hydrogens is 664 g/mol. The van der Waals surface area contributed by atoms with Crippen LogP contribution in [0, 0.1) is 15.5 Å². The molecule has 12 nitrogen and oxygen atoms in total. The number of carbonyl (C=O) groups excluding carboxylic acids is 3. The van der Waals surface area contributed by atoms with Crippen LogP contribution in [0.2, 0.25) is 0 Å². The van der Waals surface area contributed by atoms with E-state index in [2.05, 4.69) is 13.8 Å². The van der Waals surface area contributed by atoms with Crippen molar-refractivity contribution >= 4 is 29.5 Å². The van der Waals surface area contributed by atoms with Crippen molar-refractivity contribution in [1.29, 1.82) is 0 Å². The summed E-state index contributed by atoms with van der Waals surface area (Å²) >= 11 is 0. The average Bonchev–Trinajstić information content (AvgIpc) is 3.53. The van der Waals surface area contributed by atoms with Gasteiger partial charge < -0.3 is 19.1 Å². The van der Waals surface area contributed by atoms with Gasteiger partial charge >= 0.3 is 5.97 Å². The fourth-order valence-corrected chi connectivity index (χ4v) is 6.59. The molecule has 1 aliphatic carbocycles. The molecule has 1 aromatic heterocycles. The third-order valence-corrected chi connectivity index (χ3v) is 9.44. The Labute approximate surface area is 303 Å². The molecule has 2 aliphatic rings. The van der Waals surface area contributed by atoms with E-state index in [-0.39, 0.29) is 35.2 Å². The number of fused-ring (bicyclic) bond motifs is 1. The Hall–Kier alpha value is -5.20. The topological polar surface area (TPSA) is 143 Å². The smallest absolute Gasteiger partial charge is 0.322 e. The van der Waals surface area contributed by atoms with E-state index in [1.807, 2.05) is 36.4 Å². The molecule has 0 saturated carbocycles. The first kappa shape index (κ1) is 38.0. The number of carbonyl (C=O) groups is 3. The number of amides is 1. The van der Waals surface area contributed by atoms with Crippen LogP contribution in [0.3, 0.4) is 0 Å². The van der Waals surface area contributed by atoms with Gasteiger partial charge in [-0.3, -0.25) is 24.5 Å². The summed E-state index contributed by atoms with van der Waals surface area (Å²) in [4.78, 5) is 52.4. The maximum atomic E-state index is 14.5. The highest BCUT2D eigenvalue weighted by Gasteiger charge is 2.42. The molecule has 0 radical (unpaired) electrons. The van der Waals surface area contributed by atoms with Crippen LogP contribution in [0.25, 0.3) is 0 Å². The number of anilines is 1. The minimum atomic E-state index is -1.64. The van der Waals surface area contributed by atoms with Gasteiger partial charge in [-0.2, -0.15) is 5.10 Å². The van der Waals surface area contributed by atoms with E-state index < -0.39 is 28.3 Å². The molecule has 1 fully saturated rings. The summed E-state index contributed by atoms with van der Waals surface area (Å²) in [5, 5.41) is 17.0. The van der Waals surface area contributed by atoms with Gasteiger partial charge in [0.25, 0.3) is 5.69 Å². The summed E-state index contributed by atoms with van der Waals surface area (Å²) in [5.41, 5.74) is 3.33. The highest BCUT2D eigenvalue weighted by Crippen LogP contribution is 2.41. The zero-order valence-corrected chi connectivity index (χ0v) is 30.2. The number of Topliss-reactive ketones (excluding diaryl/α,β-unsaturated/α-hetero) is 1. The van der Waals surface area contributed by atoms with Crippen LogP contribution >= 0.6 is 0 Å². The second-order valence-electron chi connectivity index (χ2n) is 13.9. The number of rotatable bonds is 12. The van der Waals surface area contributed by atoms with Gasteiger partial charge in [-0.1, -0.05) is 74.5 Å². The van der Waals surface area contributed by atoms with Gasteiger partial charge in [-0.15, -0.1) is 0 Å². The number of nitrogens with zero attached hydrogens (tertiary/aromatic N) is 4. The zero-order chi connectivity index (χ0) is 37.3. The molecule has 52 heavy (non-hydrogen) atoms. The first-order valence-corrected chi connectivity index (χ1v) is 17.5. The third kappa shape index (κ3) is 9.17. The Morgan fingerprint density at radius 1 is 1.06 bits per heavy atom.